The van der Waals surface area contributed by atoms with Crippen LogP contribution in [0.1, 0.15) is 24.2 Å². The van der Waals surface area contributed by atoms with E-state index in [0.717, 1.165) is 12.1 Å². The standard InChI is InChI=1S/C29H27F2N3O4/c1-3-13-34-23-11-7-8-12-24(23)38-27(20-9-5-4-6-10-20)26(29(34)37)33-28(36)18(2)32-25(35)16-19-14-21(30)17-22(31)15-19/h3-12,14-15,17-18,26-27H,1,13,16H2,2H3,(H,32,35)(H,33,36)/t18-,26-,27+/m0/s1. The molecule has 0 bridgehead atoms. The Hall–Kier alpha value is -4.53. The lowest BCUT2D eigenvalue weighted by Crippen LogP contribution is -2.56. The van der Waals surface area contributed by atoms with Gasteiger partial charge in [0.2, 0.25) is 11.8 Å². The number of nitrogens with one attached hydrogen (secondary N) is 2. The fraction of sp³-hybridized carbons (Fsp3) is 0.207. The molecule has 4 rings (SSSR count). The molecule has 0 aliphatic carbocycles. The minimum Gasteiger partial charge on any atom is -0.481 e. The van der Waals surface area contributed by atoms with Crippen LogP contribution in [0.4, 0.5) is 14.5 Å². The summed E-state index contributed by atoms with van der Waals surface area (Å²) in [7, 11) is 0. The zero-order valence-corrected chi connectivity index (χ0v) is 20.7. The first-order chi connectivity index (χ1) is 18.3. The highest BCUT2D eigenvalue weighted by atomic mass is 19.1. The molecule has 9 heteroatoms. The van der Waals surface area contributed by atoms with Crippen LogP contribution in [0.15, 0.2) is 85.5 Å². The topological polar surface area (TPSA) is 87.7 Å². The van der Waals surface area contributed by atoms with Crippen molar-refractivity contribution >= 4 is 23.4 Å². The third-order valence-electron chi connectivity index (χ3n) is 6.04. The summed E-state index contributed by atoms with van der Waals surface area (Å²) in [5, 5.41) is 5.26. The number of ether oxygens (including phenoxy) is 1. The molecule has 0 radical (unpaired) electrons. The number of carbonyl (C=O) groups is 3. The Balaban J connectivity index is 1.56. The maximum absolute atomic E-state index is 13.8. The molecule has 0 aromatic heterocycles. The van der Waals surface area contributed by atoms with Gasteiger partial charge >= 0.3 is 0 Å². The maximum Gasteiger partial charge on any atom is 0.254 e. The number of hydrogen-bond donors (Lipinski definition) is 2. The van der Waals surface area contributed by atoms with E-state index in [4.69, 9.17) is 4.74 Å². The summed E-state index contributed by atoms with van der Waals surface area (Å²) in [5.74, 6) is -2.79. The molecule has 3 aromatic rings. The predicted octanol–water partition coefficient (Wildman–Crippen LogP) is 3.85. The second kappa shape index (κ2) is 11.7. The third kappa shape index (κ3) is 6.05. The molecule has 2 N–H and O–H groups in total. The highest BCUT2D eigenvalue weighted by molar-refractivity contribution is 6.02. The Morgan fingerprint density at radius 1 is 1.05 bits per heavy atom. The van der Waals surface area contributed by atoms with Crippen LogP contribution >= 0.6 is 0 Å². The molecular formula is C29H27F2N3O4. The molecule has 0 saturated carbocycles. The average molecular weight is 520 g/mol. The van der Waals surface area contributed by atoms with Crippen LogP contribution in [0, 0.1) is 11.6 Å². The average Bonchev–Trinajstić information content (AvgIpc) is 2.99. The SMILES string of the molecule is C=CCN1C(=O)[C@@H](NC(=O)[C@H](C)NC(=O)Cc2cc(F)cc(F)c2)[C@@H](c2ccccc2)Oc2ccccc21. The van der Waals surface area contributed by atoms with Crippen molar-refractivity contribution in [3.8, 4) is 5.75 Å². The quantitative estimate of drug-likeness (QED) is 0.443. The Morgan fingerprint density at radius 2 is 1.71 bits per heavy atom. The molecule has 3 aromatic carbocycles. The highest BCUT2D eigenvalue weighted by Gasteiger charge is 2.40. The summed E-state index contributed by atoms with van der Waals surface area (Å²) in [4.78, 5) is 40.9. The van der Waals surface area contributed by atoms with Gasteiger partial charge in [-0.3, -0.25) is 14.4 Å². The van der Waals surface area contributed by atoms with E-state index in [-0.39, 0.29) is 18.5 Å². The zero-order valence-electron chi connectivity index (χ0n) is 20.7. The lowest BCUT2D eigenvalue weighted by Gasteiger charge is -2.28. The van der Waals surface area contributed by atoms with Gasteiger partial charge in [-0.1, -0.05) is 48.5 Å². The van der Waals surface area contributed by atoms with Gasteiger partial charge in [-0.15, -0.1) is 6.58 Å². The van der Waals surface area contributed by atoms with Crippen LogP contribution in [0.2, 0.25) is 0 Å². The molecule has 1 aliphatic rings. The number of para-hydroxylation sites is 2. The summed E-state index contributed by atoms with van der Waals surface area (Å²) >= 11 is 0. The van der Waals surface area contributed by atoms with Crippen LogP contribution in [0.5, 0.6) is 5.75 Å². The van der Waals surface area contributed by atoms with Crippen molar-refractivity contribution in [1.29, 1.82) is 0 Å². The van der Waals surface area contributed by atoms with Crippen LogP contribution in [0.25, 0.3) is 0 Å². The Morgan fingerprint density at radius 3 is 2.39 bits per heavy atom. The van der Waals surface area contributed by atoms with Gasteiger partial charge in [0.15, 0.2) is 6.10 Å². The molecule has 0 fully saturated rings. The normalized spacial score (nSPS) is 17.4. The first-order valence-corrected chi connectivity index (χ1v) is 12.0. The molecule has 1 heterocycles. The first-order valence-electron chi connectivity index (χ1n) is 12.0. The van der Waals surface area contributed by atoms with Crippen molar-refractivity contribution < 1.29 is 27.9 Å². The summed E-state index contributed by atoms with van der Waals surface area (Å²) in [5.41, 5.74) is 1.34. The summed E-state index contributed by atoms with van der Waals surface area (Å²) in [6.45, 7) is 5.38. The van der Waals surface area contributed by atoms with Gasteiger partial charge in [0.1, 0.15) is 29.5 Å². The molecule has 3 amide bonds. The van der Waals surface area contributed by atoms with E-state index in [1.54, 1.807) is 54.6 Å². The smallest absolute Gasteiger partial charge is 0.254 e. The van der Waals surface area contributed by atoms with E-state index in [1.165, 1.54) is 11.8 Å². The molecule has 38 heavy (non-hydrogen) atoms. The van der Waals surface area contributed by atoms with Gasteiger partial charge < -0.3 is 20.3 Å². The number of benzene rings is 3. The number of halogens is 2. The molecule has 0 unspecified atom stereocenters. The van der Waals surface area contributed by atoms with Crippen LogP contribution in [-0.4, -0.2) is 36.3 Å². The molecule has 196 valence electrons. The number of fused-ring (bicyclic) bond motifs is 1. The summed E-state index contributed by atoms with van der Waals surface area (Å²) < 4.78 is 33.2. The lowest BCUT2D eigenvalue weighted by atomic mass is 10.0. The number of hydrogen-bond acceptors (Lipinski definition) is 4. The number of rotatable bonds is 8. The number of amides is 3. The fourth-order valence-electron chi connectivity index (χ4n) is 4.29. The molecular weight excluding hydrogens is 492 g/mol. The summed E-state index contributed by atoms with van der Waals surface area (Å²) in [6, 6.07) is 16.7. The van der Waals surface area contributed by atoms with Gasteiger partial charge in [0.25, 0.3) is 5.91 Å². The van der Waals surface area contributed by atoms with E-state index in [2.05, 4.69) is 17.2 Å². The second-order valence-electron chi connectivity index (χ2n) is 8.88. The lowest BCUT2D eigenvalue weighted by molar-refractivity contribution is -0.132. The van der Waals surface area contributed by atoms with E-state index >= 15 is 0 Å². The predicted molar refractivity (Wildman–Crippen MR) is 138 cm³/mol. The Kier molecular flexibility index (Phi) is 8.15. The van der Waals surface area contributed by atoms with E-state index in [1.807, 2.05) is 6.07 Å². The fourth-order valence-corrected chi connectivity index (χ4v) is 4.29. The van der Waals surface area contributed by atoms with E-state index < -0.39 is 47.5 Å². The largest absolute Gasteiger partial charge is 0.481 e. The van der Waals surface area contributed by atoms with E-state index in [9.17, 15) is 23.2 Å². The van der Waals surface area contributed by atoms with Crippen molar-refractivity contribution in [2.75, 3.05) is 11.4 Å². The monoisotopic (exact) mass is 519 g/mol. The summed E-state index contributed by atoms with van der Waals surface area (Å²) in [6.07, 6.45) is 0.392. The molecule has 7 nitrogen and oxygen atoms in total. The van der Waals surface area contributed by atoms with Crippen molar-refractivity contribution in [1.82, 2.24) is 10.6 Å². The minimum atomic E-state index is -1.13. The Bertz CT molecular complexity index is 1330. The van der Waals surface area contributed by atoms with Crippen LogP contribution in [0.3, 0.4) is 0 Å². The molecule has 0 saturated heterocycles. The van der Waals surface area contributed by atoms with Crippen LogP contribution < -0.4 is 20.3 Å². The number of carbonyl (C=O) groups excluding carboxylic acids is 3. The van der Waals surface area contributed by atoms with Gasteiger partial charge in [-0.25, -0.2) is 8.78 Å². The van der Waals surface area contributed by atoms with Crippen molar-refractivity contribution in [3.05, 3.63) is 108 Å². The first kappa shape index (κ1) is 26.5. The highest BCUT2D eigenvalue weighted by Crippen LogP contribution is 2.37. The van der Waals surface area contributed by atoms with Gasteiger partial charge in [0.05, 0.1) is 12.1 Å². The molecule has 0 spiro atoms. The second-order valence-corrected chi connectivity index (χ2v) is 8.88. The van der Waals surface area contributed by atoms with Crippen molar-refractivity contribution in [2.45, 2.75) is 31.5 Å². The zero-order chi connectivity index (χ0) is 27.2. The van der Waals surface area contributed by atoms with Gasteiger partial charge in [0, 0.05) is 12.6 Å². The third-order valence-corrected chi connectivity index (χ3v) is 6.04. The number of nitrogens with zero attached hydrogens (tertiary/aromatic N) is 1. The van der Waals surface area contributed by atoms with Crippen molar-refractivity contribution in [3.63, 3.8) is 0 Å². The van der Waals surface area contributed by atoms with Gasteiger partial charge in [-0.05, 0) is 42.3 Å². The van der Waals surface area contributed by atoms with Crippen LogP contribution in [-0.2, 0) is 20.8 Å². The maximum atomic E-state index is 13.8. The Labute approximate surface area is 219 Å². The molecule has 1 aliphatic heterocycles. The molecule has 3 atom stereocenters. The van der Waals surface area contributed by atoms with E-state index in [0.29, 0.717) is 23.1 Å². The van der Waals surface area contributed by atoms with Gasteiger partial charge in [-0.2, -0.15) is 0 Å². The van der Waals surface area contributed by atoms with Crippen molar-refractivity contribution in [2.24, 2.45) is 0 Å². The minimum absolute atomic E-state index is 0.127. The number of anilines is 1.